The van der Waals surface area contributed by atoms with Gasteiger partial charge >= 0.3 is 0 Å². The zero-order chi connectivity index (χ0) is 11.1. The predicted molar refractivity (Wildman–Crippen MR) is 63.0 cm³/mol. The van der Waals surface area contributed by atoms with E-state index >= 15 is 0 Å². The summed E-state index contributed by atoms with van der Waals surface area (Å²) in [6, 6.07) is 0.451. The van der Waals surface area contributed by atoms with Crippen molar-refractivity contribution in [2.24, 2.45) is 17.8 Å². The molecule has 0 spiro atoms. The average Bonchev–Trinajstić information content (AvgIpc) is 3.02. The van der Waals surface area contributed by atoms with Crippen molar-refractivity contribution in [1.29, 1.82) is 0 Å². The molecule has 0 aromatic rings. The molecule has 3 nitrogen and oxygen atoms in total. The van der Waals surface area contributed by atoms with E-state index in [-0.39, 0.29) is 0 Å². The van der Waals surface area contributed by atoms with Crippen LogP contribution < -0.4 is 5.32 Å². The highest BCUT2D eigenvalue weighted by atomic mass is 16.2. The monoisotopic (exact) mass is 222 g/mol. The van der Waals surface area contributed by atoms with Gasteiger partial charge in [-0.15, -0.1) is 0 Å². The number of hydrogen-bond donors (Lipinski definition) is 1. The summed E-state index contributed by atoms with van der Waals surface area (Å²) in [5, 5.41) is 3.34. The maximum Gasteiger partial charge on any atom is 0.226 e. The van der Waals surface area contributed by atoms with Crippen molar-refractivity contribution in [2.75, 3.05) is 20.1 Å². The van der Waals surface area contributed by atoms with Crippen LogP contribution in [0.5, 0.6) is 0 Å². The quantitative estimate of drug-likeness (QED) is 0.762. The molecule has 0 radical (unpaired) electrons. The summed E-state index contributed by atoms with van der Waals surface area (Å²) in [5.41, 5.74) is 0. The number of nitrogens with one attached hydrogen (secondary N) is 1. The topological polar surface area (TPSA) is 32.3 Å². The van der Waals surface area contributed by atoms with Crippen LogP contribution in [0.15, 0.2) is 0 Å². The lowest BCUT2D eigenvalue weighted by molar-refractivity contribution is -0.137. The van der Waals surface area contributed by atoms with Gasteiger partial charge in [-0.2, -0.15) is 0 Å². The molecule has 2 saturated carbocycles. The lowest BCUT2D eigenvalue weighted by atomic mass is 9.87. The second-order valence-corrected chi connectivity index (χ2v) is 5.88. The summed E-state index contributed by atoms with van der Waals surface area (Å²) in [5.74, 6) is 2.38. The standard InChI is InChI=1S/C13H22N2O/c1-15(11-4-5-14-8-11)13(16)12-7-9-2-3-10(12)6-9/h9-12,14H,2-8H2,1H3. The van der Waals surface area contributed by atoms with E-state index in [9.17, 15) is 4.79 Å². The predicted octanol–water partition coefficient (Wildman–Crippen LogP) is 1.24. The first-order valence-electron chi connectivity index (χ1n) is 6.73. The fourth-order valence-corrected chi connectivity index (χ4v) is 3.96. The molecule has 4 unspecified atom stereocenters. The molecule has 2 aliphatic carbocycles. The Morgan fingerprint density at radius 1 is 1.25 bits per heavy atom. The molecule has 0 aromatic carbocycles. The van der Waals surface area contributed by atoms with E-state index in [2.05, 4.69) is 5.32 Å². The summed E-state index contributed by atoms with van der Waals surface area (Å²) >= 11 is 0. The first-order chi connectivity index (χ1) is 7.75. The zero-order valence-electron chi connectivity index (χ0n) is 10.1. The fraction of sp³-hybridized carbons (Fsp3) is 0.923. The second kappa shape index (κ2) is 4.02. The molecule has 0 aromatic heterocycles. The van der Waals surface area contributed by atoms with Gasteiger partial charge in [-0.05, 0) is 44.1 Å². The van der Waals surface area contributed by atoms with Crippen molar-refractivity contribution < 1.29 is 4.79 Å². The Morgan fingerprint density at radius 3 is 2.69 bits per heavy atom. The Morgan fingerprint density at radius 2 is 2.12 bits per heavy atom. The number of fused-ring (bicyclic) bond motifs is 2. The molecule has 1 saturated heterocycles. The molecule has 2 bridgehead atoms. The lowest BCUT2D eigenvalue weighted by Crippen LogP contribution is -2.43. The van der Waals surface area contributed by atoms with Crippen LogP contribution in [0.3, 0.4) is 0 Å². The van der Waals surface area contributed by atoms with Crippen LogP contribution in [0.4, 0.5) is 0 Å². The molecule has 1 heterocycles. The van der Waals surface area contributed by atoms with Crippen molar-refractivity contribution >= 4 is 5.91 Å². The first-order valence-corrected chi connectivity index (χ1v) is 6.73. The van der Waals surface area contributed by atoms with E-state index in [1.54, 1.807) is 0 Å². The van der Waals surface area contributed by atoms with Gasteiger partial charge in [-0.3, -0.25) is 4.79 Å². The first kappa shape index (κ1) is 10.6. The minimum atomic E-state index is 0.365. The van der Waals surface area contributed by atoms with Gasteiger partial charge < -0.3 is 10.2 Å². The molecule has 16 heavy (non-hydrogen) atoms. The van der Waals surface area contributed by atoms with E-state index in [1.165, 1.54) is 25.7 Å². The average molecular weight is 222 g/mol. The molecule has 1 amide bonds. The Labute approximate surface area is 97.6 Å². The molecule has 3 fully saturated rings. The van der Waals surface area contributed by atoms with E-state index in [0.717, 1.165) is 25.4 Å². The van der Waals surface area contributed by atoms with Crippen molar-refractivity contribution in [3.05, 3.63) is 0 Å². The molecule has 3 rings (SSSR count). The van der Waals surface area contributed by atoms with Gasteiger partial charge in [-0.25, -0.2) is 0 Å². The largest absolute Gasteiger partial charge is 0.341 e. The number of nitrogens with zero attached hydrogens (tertiary/aromatic N) is 1. The van der Waals surface area contributed by atoms with E-state index < -0.39 is 0 Å². The molecule has 3 aliphatic rings. The number of amides is 1. The van der Waals surface area contributed by atoms with Crippen molar-refractivity contribution in [3.8, 4) is 0 Å². The van der Waals surface area contributed by atoms with Crippen LogP contribution in [-0.4, -0.2) is 37.0 Å². The van der Waals surface area contributed by atoms with Gasteiger partial charge in [-0.1, -0.05) is 6.42 Å². The number of rotatable bonds is 2. The SMILES string of the molecule is CN(C(=O)C1CC2CCC1C2)C1CCNC1. The smallest absolute Gasteiger partial charge is 0.226 e. The van der Waals surface area contributed by atoms with Crippen LogP contribution in [0.1, 0.15) is 32.1 Å². The fourth-order valence-electron chi connectivity index (χ4n) is 3.96. The molecule has 1 N–H and O–H groups in total. The van der Waals surface area contributed by atoms with Gasteiger partial charge in [0.15, 0.2) is 0 Å². The van der Waals surface area contributed by atoms with Crippen LogP contribution in [0, 0.1) is 17.8 Å². The van der Waals surface area contributed by atoms with Crippen molar-refractivity contribution in [1.82, 2.24) is 10.2 Å². The molecular formula is C13H22N2O. The van der Waals surface area contributed by atoms with E-state index in [0.29, 0.717) is 23.8 Å². The second-order valence-electron chi connectivity index (χ2n) is 5.88. The number of likely N-dealkylation sites (N-methyl/N-ethyl adjacent to an activating group) is 1. The maximum atomic E-state index is 12.4. The summed E-state index contributed by atoms with van der Waals surface area (Å²) in [6.45, 7) is 2.06. The van der Waals surface area contributed by atoms with Crippen LogP contribution in [0.25, 0.3) is 0 Å². The Kier molecular flexibility index (Phi) is 2.66. The Bertz CT molecular complexity index is 286. The summed E-state index contributed by atoms with van der Waals surface area (Å²) in [7, 11) is 2.01. The van der Waals surface area contributed by atoms with Crippen molar-refractivity contribution in [2.45, 2.75) is 38.1 Å². The summed E-state index contributed by atoms with van der Waals surface area (Å²) in [6.07, 6.45) is 6.31. The van der Waals surface area contributed by atoms with Gasteiger partial charge in [0.2, 0.25) is 5.91 Å². The minimum Gasteiger partial charge on any atom is -0.341 e. The van der Waals surface area contributed by atoms with Gasteiger partial charge in [0.05, 0.1) is 0 Å². The zero-order valence-corrected chi connectivity index (χ0v) is 10.1. The normalized spacial score (nSPS) is 41.6. The number of carbonyl (C=O) groups excluding carboxylic acids is 1. The number of hydrogen-bond acceptors (Lipinski definition) is 2. The molecular weight excluding hydrogens is 200 g/mol. The third-order valence-corrected chi connectivity index (χ3v) is 4.98. The van der Waals surface area contributed by atoms with Crippen LogP contribution >= 0.6 is 0 Å². The molecule has 3 heteroatoms. The van der Waals surface area contributed by atoms with E-state index in [1.807, 2.05) is 11.9 Å². The third kappa shape index (κ3) is 1.65. The van der Waals surface area contributed by atoms with Crippen LogP contribution in [0.2, 0.25) is 0 Å². The maximum absolute atomic E-state index is 12.4. The van der Waals surface area contributed by atoms with Gasteiger partial charge in [0, 0.05) is 25.6 Å². The van der Waals surface area contributed by atoms with Gasteiger partial charge in [0.1, 0.15) is 0 Å². The third-order valence-electron chi connectivity index (χ3n) is 4.98. The highest BCUT2D eigenvalue weighted by Crippen LogP contribution is 2.48. The highest BCUT2D eigenvalue weighted by molar-refractivity contribution is 5.79. The molecule has 4 atom stereocenters. The Hall–Kier alpha value is -0.570. The van der Waals surface area contributed by atoms with E-state index in [4.69, 9.17) is 0 Å². The van der Waals surface area contributed by atoms with Gasteiger partial charge in [0.25, 0.3) is 0 Å². The van der Waals surface area contributed by atoms with Crippen LogP contribution in [-0.2, 0) is 4.79 Å². The van der Waals surface area contributed by atoms with Crippen molar-refractivity contribution in [3.63, 3.8) is 0 Å². The number of carbonyl (C=O) groups is 1. The lowest BCUT2D eigenvalue weighted by Gasteiger charge is -2.30. The summed E-state index contributed by atoms with van der Waals surface area (Å²) < 4.78 is 0. The molecule has 90 valence electrons. The Balaban J connectivity index is 1.63. The summed E-state index contributed by atoms with van der Waals surface area (Å²) in [4.78, 5) is 14.5. The minimum absolute atomic E-state index is 0.365. The highest BCUT2D eigenvalue weighted by Gasteiger charge is 2.44. The molecule has 1 aliphatic heterocycles.